The Morgan fingerprint density at radius 1 is 1.29 bits per heavy atom. The van der Waals surface area contributed by atoms with Gasteiger partial charge in [0.05, 0.1) is 6.04 Å². The molecule has 0 bridgehead atoms. The van der Waals surface area contributed by atoms with Gasteiger partial charge in [0.1, 0.15) is 18.1 Å². The lowest BCUT2D eigenvalue weighted by Crippen LogP contribution is -2.23. The van der Waals surface area contributed by atoms with Crippen LogP contribution in [0, 0.1) is 6.92 Å². The molecule has 0 spiro atoms. The first-order valence-corrected chi connectivity index (χ1v) is 8.02. The summed E-state index contributed by atoms with van der Waals surface area (Å²) in [5.74, 6) is 1.78. The molecule has 1 atom stereocenters. The monoisotopic (exact) mass is 351 g/mol. The average Bonchev–Trinajstić information content (AvgIpc) is 2.92. The second-order valence-corrected chi connectivity index (χ2v) is 5.93. The summed E-state index contributed by atoms with van der Waals surface area (Å²) >= 11 is 3.61. The van der Waals surface area contributed by atoms with Gasteiger partial charge in [-0.2, -0.15) is 0 Å². The Hall–Kier alpha value is -1.10. The Bertz CT molecular complexity index is 580. The number of nitrogens with one attached hydrogen (secondary N) is 1. The van der Waals surface area contributed by atoms with Gasteiger partial charge in [-0.25, -0.2) is 0 Å². The second kappa shape index (κ2) is 7.78. The van der Waals surface area contributed by atoms with Gasteiger partial charge in [0, 0.05) is 11.6 Å². The van der Waals surface area contributed by atoms with Crippen LogP contribution in [-0.2, 0) is 11.3 Å². The van der Waals surface area contributed by atoms with E-state index in [1.165, 1.54) is 11.1 Å². The summed E-state index contributed by atoms with van der Waals surface area (Å²) < 4.78 is 12.2. The lowest BCUT2D eigenvalue weighted by molar-refractivity contribution is 0.162. The predicted octanol–water partition coefficient (Wildman–Crippen LogP) is 4.59. The molecule has 1 aromatic heterocycles. The number of rotatable bonds is 7. The van der Waals surface area contributed by atoms with Crippen molar-refractivity contribution in [3.8, 4) is 0 Å². The molecule has 2 rings (SSSR count). The molecule has 114 valence electrons. The Kier molecular flexibility index (Phi) is 6.03. The van der Waals surface area contributed by atoms with E-state index >= 15 is 0 Å². The molecule has 0 fully saturated rings. The SMILES string of the molecule is CCCNC(c1ccc(COC)o1)c1cccc(Br)c1C. The first kappa shape index (κ1) is 16.3. The summed E-state index contributed by atoms with van der Waals surface area (Å²) in [5.41, 5.74) is 2.46. The van der Waals surface area contributed by atoms with Gasteiger partial charge in [-0.1, -0.05) is 35.0 Å². The Balaban J connectivity index is 2.34. The number of halogens is 1. The van der Waals surface area contributed by atoms with E-state index in [4.69, 9.17) is 9.15 Å². The molecule has 1 N–H and O–H groups in total. The van der Waals surface area contributed by atoms with E-state index in [0.717, 1.165) is 29.0 Å². The molecule has 3 nitrogen and oxygen atoms in total. The first-order chi connectivity index (χ1) is 10.2. The molecule has 0 radical (unpaired) electrons. The standard InChI is InChI=1S/C17H22BrNO2/c1-4-10-19-17(14-6-5-7-15(18)12(14)2)16-9-8-13(21-16)11-20-3/h5-9,17,19H,4,10-11H2,1-3H3. The van der Waals surface area contributed by atoms with Crippen molar-refractivity contribution in [2.24, 2.45) is 0 Å². The first-order valence-electron chi connectivity index (χ1n) is 7.23. The van der Waals surface area contributed by atoms with Crippen LogP contribution >= 0.6 is 15.9 Å². The summed E-state index contributed by atoms with van der Waals surface area (Å²) in [5, 5.41) is 3.57. The van der Waals surface area contributed by atoms with Crippen LogP contribution in [-0.4, -0.2) is 13.7 Å². The fourth-order valence-corrected chi connectivity index (χ4v) is 2.74. The fraction of sp³-hybridized carbons (Fsp3) is 0.412. The zero-order chi connectivity index (χ0) is 15.2. The van der Waals surface area contributed by atoms with Gasteiger partial charge in [0.25, 0.3) is 0 Å². The van der Waals surface area contributed by atoms with Gasteiger partial charge in [-0.3, -0.25) is 0 Å². The Morgan fingerprint density at radius 3 is 2.81 bits per heavy atom. The number of methoxy groups -OCH3 is 1. The van der Waals surface area contributed by atoms with Crippen molar-refractivity contribution in [1.82, 2.24) is 5.32 Å². The zero-order valence-electron chi connectivity index (χ0n) is 12.8. The van der Waals surface area contributed by atoms with E-state index in [0.29, 0.717) is 6.61 Å². The van der Waals surface area contributed by atoms with Gasteiger partial charge in [0.2, 0.25) is 0 Å². The van der Waals surface area contributed by atoms with Crippen molar-refractivity contribution in [3.63, 3.8) is 0 Å². The van der Waals surface area contributed by atoms with Crippen LogP contribution in [0.3, 0.4) is 0 Å². The van der Waals surface area contributed by atoms with Gasteiger partial charge < -0.3 is 14.5 Å². The van der Waals surface area contributed by atoms with Crippen molar-refractivity contribution < 1.29 is 9.15 Å². The number of hydrogen-bond acceptors (Lipinski definition) is 3. The summed E-state index contributed by atoms with van der Waals surface area (Å²) in [7, 11) is 1.67. The van der Waals surface area contributed by atoms with E-state index in [1.54, 1.807) is 7.11 Å². The zero-order valence-corrected chi connectivity index (χ0v) is 14.4. The summed E-state index contributed by atoms with van der Waals surface area (Å²) in [6.45, 7) is 5.73. The van der Waals surface area contributed by atoms with Crippen molar-refractivity contribution >= 4 is 15.9 Å². The highest BCUT2D eigenvalue weighted by Gasteiger charge is 2.20. The third-order valence-corrected chi connectivity index (χ3v) is 4.33. The maximum Gasteiger partial charge on any atom is 0.129 e. The van der Waals surface area contributed by atoms with E-state index in [9.17, 15) is 0 Å². The minimum absolute atomic E-state index is 0.0630. The van der Waals surface area contributed by atoms with Gasteiger partial charge in [-0.05, 0) is 49.2 Å². The van der Waals surface area contributed by atoms with Crippen LogP contribution < -0.4 is 5.32 Å². The molecule has 21 heavy (non-hydrogen) atoms. The maximum atomic E-state index is 5.93. The lowest BCUT2D eigenvalue weighted by Gasteiger charge is -2.19. The Labute approximate surface area is 134 Å². The highest BCUT2D eigenvalue weighted by Crippen LogP contribution is 2.30. The van der Waals surface area contributed by atoms with Crippen molar-refractivity contribution in [2.75, 3.05) is 13.7 Å². The molecular formula is C17H22BrNO2. The normalized spacial score (nSPS) is 12.6. The van der Waals surface area contributed by atoms with Crippen molar-refractivity contribution in [2.45, 2.75) is 32.9 Å². The molecule has 1 unspecified atom stereocenters. The molecule has 1 aromatic carbocycles. The lowest BCUT2D eigenvalue weighted by atomic mass is 9.99. The highest BCUT2D eigenvalue weighted by molar-refractivity contribution is 9.10. The third kappa shape index (κ3) is 3.96. The fourth-order valence-electron chi connectivity index (χ4n) is 2.36. The van der Waals surface area contributed by atoms with Crippen molar-refractivity contribution in [3.05, 3.63) is 57.5 Å². The van der Waals surface area contributed by atoms with Crippen LogP contribution in [0.4, 0.5) is 0 Å². The van der Waals surface area contributed by atoms with E-state index in [1.807, 2.05) is 12.1 Å². The highest BCUT2D eigenvalue weighted by atomic mass is 79.9. The van der Waals surface area contributed by atoms with E-state index in [2.05, 4.69) is 53.3 Å². The largest absolute Gasteiger partial charge is 0.462 e. The molecule has 0 aliphatic rings. The molecule has 0 amide bonds. The molecule has 4 heteroatoms. The van der Waals surface area contributed by atoms with E-state index < -0.39 is 0 Å². The topological polar surface area (TPSA) is 34.4 Å². The summed E-state index contributed by atoms with van der Waals surface area (Å²) in [4.78, 5) is 0. The van der Waals surface area contributed by atoms with Gasteiger partial charge in [0.15, 0.2) is 0 Å². The molecule has 2 aromatic rings. The van der Waals surface area contributed by atoms with E-state index in [-0.39, 0.29) is 6.04 Å². The number of furan rings is 1. The molecule has 0 saturated heterocycles. The third-order valence-electron chi connectivity index (χ3n) is 3.47. The maximum absolute atomic E-state index is 5.93. The Morgan fingerprint density at radius 2 is 2.10 bits per heavy atom. The minimum Gasteiger partial charge on any atom is -0.462 e. The number of ether oxygens (including phenoxy) is 1. The van der Waals surface area contributed by atoms with Gasteiger partial charge in [-0.15, -0.1) is 0 Å². The number of hydrogen-bond donors (Lipinski definition) is 1. The van der Waals surface area contributed by atoms with Crippen LogP contribution in [0.5, 0.6) is 0 Å². The van der Waals surface area contributed by atoms with Crippen LogP contribution in [0.1, 0.15) is 42.0 Å². The molecule has 0 saturated carbocycles. The molecule has 1 heterocycles. The van der Waals surface area contributed by atoms with Gasteiger partial charge >= 0.3 is 0 Å². The molecular weight excluding hydrogens is 330 g/mol. The average molecular weight is 352 g/mol. The number of benzene rings is 1. The summed E-state index contributed by atoms with van der Waals surface area (Å²) in [6.07, 6.45) is 1.08. The quantitative estimate of drug-likeness (QED) is 0.792. The second-order valence-electron chi connectivity index (χ2n) is 5.08. The molecule has 0 aliphatic heterocycles. The minimum atomic E-state index is 0.0630. The predicted molar refractivity (Wildman–Crippen MR) is 88.4 cm³/mol. The van der Waals surface area contributed by atoms with Crippen LogP contribution in [0.15, 0.2) is 39.2 Å². The van der Waals surface area contributed by atoms with Crippen molar-refractivity contribution in [1.29, 1.82) is 0 Å². The van der Waals surface area contributed by atoms with Crippen LogP contribution in [0.25, 0.3) is 0 Å². The smallest absolute Gasteiger partial charge is 0.129 e. The molecule has 0 aliphatic carbocycles. The van der Waals surface area contributed by atoms with Crippen LogP contribution in [0.2, 0.25) is 0 Å². The summed E-state index contributed by atoms with van der Waals surface area (Å²) in [6, 6.07) is 10.3.